The maximum atomic E-state index is 13.7. The highest BCUT2D eigenvalue weighted by Crippen LogP contribution is 2.63. The summed E-state index contributed by atoms with van der Waals surface area (Å²) in [6.07, 6.45) is 4.46. The molecule has 3 amide bonds. The van der Waals surface area contributed by atoms with E-state index in [1.54, 1.807) is 17.0 Å². The van der Waals surface area contributed by atoms with Crippen LogP contribution in [0, 0.1) is 11.8 Å². The molecule has 3 aliphatic heterocycles. The summed E-state index contributed by atoms with van der Waals surface area (Å²) >= 11 is 0. The van der Waals surface area contributed by atoms with E-state index in [0.717, 1.165) is 19.3 Å². The number of aliphatic hydroxyl groups excluding tert-OH is 1. The van der Waals surface area contributed by atoms with Gasteiger partial charge in [-0.1, -0.05) is 38.0 Å². The van der Waals surface area contributed by atoms with E-state index in [1.165, 1.54) is 0 Å². The van der Waals surface area contributed by atoms with Gasteiger partial charge in [0.2, 0.25) is 17.7 Å². The standard InChI is InChI=1S/C25H35N3O5/c1-3-4-8-14-26-22(31)20-25-13-12-24(2,33-25)18(19(25)23(32)28(20)15-9-16-29)21(30)27-17-10-6-5-7-11-17/h5-7,10-11,18-20,29H,3-4,8-9,12-16H2,1-2H3,(H,26,31)(H,27,30)/t18-,19+,20?,24+,25?/m1/s1. The van der Waals surface area contributed by atoms with Gasteiger partial charge in [0.05, 0.1) is 17.4 Å². The Kier molecular flexibility index (Phi) is 6.77. The molecule has 8 heteroatoms. The average Bonchev–Trinajstić information content (AvgIpc) is 3.36. The molecule has 5 atom stereocenters. The van der Waals surface area contributed by atoms with Crippen molar-refractivity contribution < 1.29 is 24.2 Å². The van der Waals surface area contributed by atoms with Crippen molar-refractivity contribution in [3.63, 3.8) is 0 Å². The Labute approximate surface area is 195 Å². The minimum Gasteiger partial charge on any atom is -0.396 e. The SMILES string of the molecule is CCCCCNC(=O)C1N(CCCO)C(=O)[C@@H]2[C@H](C(=O)Nc3ccccc3)[C@]3(C)CCC12O3. The first-order chi connectivity index (χ1) is 15.9. The van der Waals surface area contributed by atoms with E-state index in [0.29, 0.717) is 31.5 Å². The Bertz CT molecular complexity index is 893. The highest BCUT2D eigenvalue weighted by Gasteiger charge is 2.77. The number of hydrogen-bond acceptors (Lipinski definition) is 5. The fourth-order valence-electron chi connectivity index (χ4n) is 6.03. The molecule has 1 aromatic rings. The Hall–Kier alpha value is -2.45. The number of unbranched alkanes of at least 4 members (excludes halogenated alkanes) is 2. The van der Waals surface area contributed by atoms with Crippen LogP contribution >= 0.6 is 0 Å². The van der Waals surface area contributed by atoms with Gasteiger partial charge in [-0.25, -0.2) is 0 Å². The number of hydrogen-bond donors (Lipinski definition) is 3. The van der Waals surface area contributed by atoms with Gasteiger partial charge in [-0.3, -0.25) is 14.4 Å². The van der Waals surface area contributed by atoms with E-state index < -0.39 is 29.1 Å². The van der Waals surface area contributed by atoms with Crippen LogP contribution in [-0.2, 0) is 19.1 Å². The molecule has 0 saturated carbocycles. The molecule has 3 saturated heterocycles. The highest BCUT2D eigenvalue weighted by atomic mass is 16.5. The topological polar surface area (TPSA) is 108 Å². The lowest BCUT2D eigenvalue weighted by Crippen LogP contribution is -2.55. The normalized spacial score (nSPS) is 32.2. The molecule has 33 heavy (non-hydrogen) atoms. The van der Waals surface area contributed by atoms with Crippen LogP contribution in [0.2, 0.25) is 0 Å². The zero-order chi connectivity index (χ0) is 23.6. The largest absolute Gasteiger partial charge is 0.396 e. The number of likely N-dealkylation sites (tertiary alicyclic amines) is 1. The first kappa shape index (κ1) is 23.7. The van der Waals surface area contributed by atoms with Gasteiger partial charge >= 0.3 is 0 Å². The molecule has 4 rings (SSSR count). The van der Waals surface area contributed by atoms with Gasteiger partial charge in [0, 0.05) is 25.4 Å². The van der Waals surface area contributed by atoms with Gasteiger partial charge in [-0.2, -0.15) is 0 Å². The van der Waals surface area contributed by atoms with Crippen LogP contribution in [0.1, 0.15) is 52.4 Å². The second kappa shape index (κ2) is 9.43. The molecule has 1 aromatic carbocycles. The smallest absolute Gasteiger partial charge is 0.245 e. The first-order valence-corrected chi connectivity index (χ1v) is 12.1. The van der Waals surface area contributed by atoms with E-state index in [1.807, 2.05) is 25.1 Å². The number of anilines is 1. The number of benzene rings is 1. The average molecular weight is 458 g/mol. The van der Waals surface area contributed by atoms with Gasteiger partial charge in [0.15, 0.2) is 0 Å². The summed E-state index contributed by atoms with van der Waals surface area (Å²) in [5.41, 5.74) is -1.16. The quantitative estimate of drug-likeness (QED) is 0.466. The van der Waals surface area contributed by atoms with Crippen LogP contribution in [0.4, 0.5) is 5.69 Å². The molecule has 0 aromatic heterocycles. The monoisotopic (exact) mass is 457 g/mol. The Balaban J connectivity index is 1.63. The number of ether oxygens (including phenoxy) is 1. The number of aliphatic hydroxyl groups is 1. The first-order valence-electron chi connectivity index (χ1n) is 12.1. The van der Waals surface area contributed by atoms with E-state index in [9.17, 15) is 19.5 Å². The second-order valence-electron chi connectivity index (χ2n) is 9.69. The fraction of sp³-hybridized carbons (Fsp3) is 0.640. The molecule has 2 unspecified atom stereocenters. The molecular formula is C25H35N3O5. The Morgan fingerprint density at radius 3 is 2.61 bits per heavy atom. The van der Waals surface area contributed by atoms with E-state index in [-0.39, 0.29) is 30.9 Å². The van der Waals surface area contributed by atoms with Crippen molar-refractivity contribution in [3.8, 4) is 0 Å². The third kappa shape index (κ3) is 4.04. The summed E-state index contributed by atoms with van der Waals surface area (Å²) in [6, 6.07) is 8.37. The lowest BCUT2D eigenvalue weighted by molar-refractivity contribution is -0.145. The molecule has 2 bridgehead atoms. The summed E-state index contributed by atoms with van der Waals surface area (Å²) in [4.78, 5) is 42.0. The molecule has 1 spiro atoms. The fourth-order valence-corrected chi connectivity index (χ4v) is 6.03. The summed E-state index contributed by atoms with van der Waals surface area (Å²) in [7, 11) is 0. The molecule has 0 radical (unpaired) electrons. The van der Waals surface area contributed by atoms with Crippen molar-refractivity contribution in [1.29, 1.82) is 0 Å². The number of carbonyl (C=O) groups excluding carboxylic acids is 3. The van der Waals surface area contributed by atoms with Crippen molar-refractivity contribution in [3.05, 3.63) is 30.3 Å². The maximum Gasteiger partial charge on any atom is 0.245 e. The third-order valence-electron chi connectivity index (χ3n) is 7.49. The van der Waals surface area contributed by atoms with E-state index in [2.05, 4.69) is 17.6 Å². The van der Waals surface area contributed by atoms with Crippen LogP contribution in [0.15, 0.2) is 30.3 Å². The zero-order valence-corrected chi connectivity index (χ0v) is 19.5. The third-order valence-corrected chi connectivity index (χ3v) is 7.49. The van der Waals surface area contributed by atoms with Crippen molar-refractivity contribution in [2.75, 3.05) is 25.0 Å². The summed E-state index contributed by atoms with van der Waals surface area (Å²) in [6.45, 7) is 4.71. The van der Waals surface area contributed by atoms with Gasteiger partial charge in [0.25, 0.3) is 0 Å². The molecule has 3 fully saturated rings. The lowest BCUT2D eigenvalue weighted by Gasteiger charge is -2.33. The number of carbonyl (C=O) groups is 3. The predicted octanol–water partition coefficient (Wildman–Crippen LogP) is 2.08. The van der Waals surface area contributed by atoms with Crippen LogP contribution in [0.25, 0.3) is 0 Å². The summed E-state index contributed by atoms with van der Waals surface area (Å²) in [5, 5.41) is 15.3. The Morgan fingerprint density at radius 1 is 1.15 bits per heavy atom. The second-order valence-corrected chi connectivity index (χ2v) is 9.69. The Morgan fingerprint density at radius 2 is 1.91 bits per heavy atom. The number of amides is 3. The number of fused-ring (bicyclic) bond motifs is 1. The number of nitrogens with one attached hydrogen (secondary N) is 2. The maximum absolute atomic E-state index is 13.7. The minimum atomic E-state index is -1.02. The van der Waals surface area contributed by atoms with Crippen LogP contribution in [0.3, 0.4) is 0 Å². The van der Waals surface area contributed by atoms with Gasteiger partial charge in [-0.05, 0) is 44.7 Å². The molecule has 0 aliphatic carbocycles. The van der Waals surface area contributed by atoms with Crippen LogP contribution in [0.5, 0.6) is 0 Å². The summed E-state index contributed by atoms with van der Waals surface area (Å²) < 4.78 is 6.54. The van der Waals surface area contributed by atoms with Crippen molar-refractivity contribution >= 4 is 23.4 Å². The molecule has 8 nitrogen and oxygen atoms in total. The molecular weight excluding hydrogens is 422 g/mol. The number of para-hydroxylation sites is 1. The van der Waals surface area contributed by atoms with Gasteiger partial charge in [0.1, 0.15) is 11.6 Å². The highest BCUT2D eigenvalue weighted by molar-refractivity contribution is 6.02. The summed E-state index contributed by atoms with van der Waals surface area (Å²) in [5.74, 6) is -2.12. The zero-order valence-electron chi connectivity index (χ0n) is 19.5. The molecule has 3 heterocycles. The van der Waals surface area contributed by atoms with E-state index >= 15 is 0 Å². The van der Waals surface area contributed by atoms with E-state index in [4.69, 9.17) is 4.74 Å². The molecule has 3 N–H and O–H groups in total. The van der Waals surface area contributed by atoms with Gasteiger partial charge < -0.3 is 25.4 Å². The van der Waals surface area contributed by atoms with Gasteiger partial charge in [-0.15, -0.1) is 0 Å². The predicted molar refractivity (Wildman–Crippen MR) is 123 cm³/mol. The van der Waals surface area contributed by atoms with Crippen LogP contribution < -0.4 is 10.6 Å². The van der Waals surface area contributed by atoms with Crippen molar-refractivity contribution in [1.82, 2.24) is 10.2 Å². The number of nitrogens with zero attached hydrogens (tertiary/aromatic N) is 1. The van der Waals surface area contributed by atoms with Crippen molar-refractivity contribution in [2.45, 2.75) is 69.6 Å². The number of rotatable bonds is 10. The minimum absolute atomic E-state index is 0.0806. The lowest BCUT2D eigenvalue weighted by atomic mass is 9.66. The molecule has 180 valence electrons. The van der Waals surface area contributed by atoms with Crippen LogP contribution in [-0.4, -0.2) is 64.7 Å². The van der Waals surface area contributed by atoms with Crippen molar-refractivity contribution in [2.24, 2.45) is 11.8 Å². The molecule has 3 aliphatic rings.